The SMILES string of the molecule is N#CC1=C(N)Nc2nc3ccccc3n2C1c1ccc(C2C(C#N)=C(N)Nc3nc4ccccc4n32)cc1. The van der Waals surface area contributed by atoms with Gasteiger partial charge in [0.15, 0.2) is 0 Å². The van der Waals surface area contributed by atoms with Gasteiger partial charge in [-0.3, -0.25) is 9.13 Å². The zero-order chi connectivity index (χ0) is 26.0. The number of nitrogens with zero attached hydrogens (tertiary/aromatic N) is 6. The van der Waals surface area contributed by atoms with E-state index >= 15 is 0 Å². The molecule has 2 unspecified atom stereocenters. The second-order valence-electron chi connectivity index (χ2n) is 9.19. The van der Waals surface area contributed by atoms with Crippen LogP contribution in [0.5, 0.6) is 0 Å². The first-order valence-corrected chi connectivity index (χ1v) is 12.0. The third-order valence-corrected chi connectivity index (χ3v) is 7.14. The molecule has 4 heterocycles. The van der Waals surface area contributed by atoms with Gasteiger partial charge in [-0.15, -0.1) is 0 Å². The molecule has 0 amide bonds. The Hall–Kier alpha value is -5.74. The summed E-state index contributed by atoms with van der Waals surface area (Å²) in [6.07, 6.45) is 0. The predicted molar refractivity (Wildman–Crippen MR) is 143 cm³/mol. The van der Waals surface area contributed by atoms with Crippen LogP contribution in [-0.2, 0) is 0 Å². The minimum absolute atomic E-state index is 0.278. The van der Waals surface area contributed by atoms with Crippen LogP contribution in [0.3, 0.4) is 0 Å². The highest BCUT2D eigenvalue weighted by Crippen LogP contribution is 2.41. The van der Waals surface area contributed by atoms with Crippen molar-refractivity contribution in [3.8, 4) is 12.1 Å². The van der Waals surface area contributed by atoms with Gasteiger partial charge in [0.2, 0.25) is 11.9 Å². The molecule has 0 fully saturated rings. The van der Waals surface area contributed by atoms with E-state index in [2.05, 4.69) is 32.7 Å². The third-order valence-electron chi connectivity index (χ3n) is 7.14. The zero-order valence-electron chi connectivity index (χ0n) is 19.9. The van der Waals surface area contributed by atoms with Crippen molar-refractivity contribution in [2.75, 3.05) is 10.6 Å². The molecule has 5 aromatic rings. The van der Waals surface area contributed by atoms with E-state index in [0.29, 0.717) is 23.0 Å². The van der Waals surface area contributed by atoms with E-state index < -0.39 is 12.1 Å². The summed E-state index contributed by atoms with van der Waals surface area (Å²) >= 11 is 0. The van der Waals surface area contributed by atoms with Crippen molar-refractivity contribution < 1.29 is 0 Å². The fraction of sp³-hybridized carbons (Fsp3) is 0.0714. The molecule has 0 aliphatic carbocycles. The van der Waals surface area contributed by atoms with Crippen LogP contribution in [0, 0.1) is 22.7 Å². The number of benzene rings is 3. The normalized spacial score (nSPS) is 18.4. The minimum atomic E-state index is -0.466. The van der Waals surface area contributed by atoms with Crippen LogP contribution in [0.1, 0.15) is 23.2 Å². The lowest BCUT2D eigenvalue weighted by atomic mass is 9.92. The van der Waals surface area contributed by atoms with E-state index in [1.54, 1.807) is 0 Å². The van der Waals surface area contributed by atoms with E-state index in [0.717, 1.165) is 33.2 Å². The second-order valence-corrected chi connectivity index (χ2v) is 9.19. The molecule has 10 nitrogen and oxygen atoms in total. The Morgan fingerprint density at radius 3 is 1.42 bits per heavy atom. The summed E-state index contributed by atoms with van der Waals surface area (Å²) in [6.45, 7) is 0. The second kappa shape index (κ2) is 7.88. The van der Waals surface area contributed by atoms with Gasteiger partial charge in [-0.1, -0.05) is 48.5 Å². The van der Waals surface area contributed by atoms with Gasteiger partial charge in [-0.25, -0.2) is 9.97 Å². The number of fused-ring (bicyclic) bond motifs is 6. The summed E-state index contributed by atoms with van der Waals surface area (Å²) in [5, 5.41) is 26.2. The van der Waals surface area contributed by atoms with Gasteiger partial charge in [0.25, 0.3) is 0 Å². The Labute approximate surface area is 216 Å². The van der Waals surface area contributed by atoms with Crippen molar-refractivity contribution in [3.05, 3.63) is 107 Å². The van der Waals surface area contributed by atoms with Gasteiger partial charge in [-0.2, -0.15) is 10.5 Å². The molecule has 0 bridgehead atoms. The first-order chi connectivity index (χ1) is 18.6. The van der Waals surface area contributed by atoms with E-state index in [1.807, 2.05) is 81.9 Å². The quantitative estimate of drug-likeness (QED) is 0.287. The number of hydrogen-bond donors (Lipinski definition) is 4. The van der Waals surface area contributed by atoms with Crippen molar-refractivity contribution in [2.24, 2.45) is 11.5 Å². The lowest BCUT2D eigenvalue weighted by Gasteiger charge is -2.29. The van der Waals surface area contributed by atoms with Crippen LogP contribution >= 0.6 is 0 Å². The number of imidazole rings is 2. The van der Waals surface area contributed by atoms with Crippen LogP contribution in [-0.4, -0.2) is 19.1 Å². The number of rotatable bonds is 2. The van der Waals surface area contributed by atoms with Gasteiger partial charge in [0.1, 0.15) is 35.9 Å². The molecule has 182 valence electrons. The molecule has 38 heavy (non-hydrogen) atoms. The highest BCUT2D eigenvalue weighted by molar-refractivity contribution is 5.82. The molecule has 0 spiro atoms. The molecule has 2 atom stereocenters. The summed E-state index contributed by atoms with van der Waals surface area (Å²) < 4.78 is 3.98. The van der Waals surface area contributed by atoms with E-state index in [4.69, 9.17) is 11.5 Å². The van der Waals surface area contributed by atoms with Crippen LogP contribution < -0.4 is 22.1 Å². The van der Waals surface area contributed by atoms with Gasteiger partial charge in [0, 0.05) is 0 Å². The molecule has 0 saturated carbocycles. The van der Waals surface area contributed by atoms with E-state index in [1.165, 1.54) is 0 Å². The number of nitrogens with one attached hydrogen (secondary N) is 2. The fourth-order valence-corrected chi connectivity index (χ4v) is 5.45. The van der Waals surface area contributed by atoms with Crippen molar-refractivity contribution in [2.45, 2.75) is 12.1 Å². The molecule has 0 radical (unpaired) electrons. The Kier molecular flexibility index (Phi) is 4.47. The number of anilines is 2. The minimum Gasteiger partial charge on any atom is -0.384 e. The van der Waals surface area contributed by atoms with Crippen LogP contribution in [0.2, 0.25) is 0 Å². The Morgan fingerprint density at radius 2 is 1.03 bits per heavy atom. The van der Waals surface area contributed by atoms with Crippen molar-refractivity contribution in [1.29, 1.82) is 10.5 Å². The van der Waals surface area contributed by atoms with Crippen LogP contribution in [0.4, 0.5) is 11.9 Å². The van der Waals surface area contributed by atoms with Crippen molar-refractivity contribution in [3.63, 3.8) is 0 Å². The Morgan fingerprint density at radius 1 is 0.632 bits per heavy atom. The van der Waals surface area contributed by atoms with E-state index in [9.17, 15) is 10.5 Å². The molecule has 2 aliphatic heterocycles. The molecule has 3 aromatic carbocycles. The monoisotopic (exact) mass is 496 g/mol. The molecule has 2 aliphatic rings. The molecule has 6 N–H and O–H groups in total. The fourth-order valence-electron chi connectivity index (χ4n) is 5.45. The molecule has 10 heteroatoms. The maximum atomic E-state index is 10.0. The lowest BCUT2D eigenvalue weighted by Crippen LogP contribution is -2.28. The maximum absolute atomic E-state index is 10.0. The summed E-state index contributed by atoms with van der Waals surface area (Å²) in [5.41, 5.74) is 18.4. The molecule has 7 rings (SSSR count). The Balaban J connectivity index is 1.39. The van der Waals surface area contributed by atoms with Crippen molar-refractivity contribution >= 4 is 34.0 Å². The average molecular weight is 497 g/mol. The standard InChI is InChI=1S/C28H20N10/c29-13-17-23(37-21-7-3-1-5-19(21)33-27(37)35-25(17)31)15-9-11-16(12-10-15)24-18(14-30)26(32)36-28-34-20-6-2-4-8-22(20)38(24)28/h1-12,23-24H,31-32H2,(H,33,35)(H,34,36). The molecular formula is C28H20N10. The molecular weight excluding hydrogens is 476 g/mol. The van der Waals surface area contributed by atoms with Crippen LogP contribution in [0.15, 0.2) is 95.6 Å². The molecule has 2 aromatic heterocycles. The summed E-state index contributed by atoms with van der Waals surface area (Å²) in [6, 6.07) is 27.0. The largest absolute Gasteiger partial charge is 0.384 e. The topological polar surface area (TPSA) is 159 Å². The van der Waals surface area contributed by atoms with Gasteiger partial charge < -0.3 is 22.1 Å². The predicted octanol–water partition coefficient (Wildman–Crippen LogP) is 3.80. The molecule has 0 saturated heterocycles. The highest BCUT2D eigenvalue weighted by atomic mass is 15.3. The Bertz CT molecular complexity index is 1780. The first kappa shape index (κ1) is 21.5. The maximum Gasteiger partial charge on any atom is 0.210 e. The zero-order valence-corrected chi connectivity index (χ0v) is 19.9. The number of para-hydroxylation sites is 4. The number of aromatic nitrogens is 4. The number of hydrogen-bond acceptors (Lipinski definition) is 8. The summed E-state index contributed by atoms with van der Waals surface area (Å²) in [4.78, 5) is 9.34. The highest BCUT2D eigenvalue weighted by Gasteiger charge is 2.33. The van der Waals surface area contributed by atoms with Gasteiger partial charge >= 0.3 is 0 Å². The smallest absolute Gasteiger partial charge is 0.210 e. The van der Waals surface area contributed by atoms with Gasteiger partial charge in [-0.05, 0) is 35.4 Å². The van der Waals surface area contributed by atoms with Gasteiger partial charge in [0.05, 0.1) is 33.2 Å². The summed E-state index contributed by atoms with van der Waals surface area (Å²) in [5.74, 6) is 1.71. The number of allylic oxidation sites excluding steroid dienone is 2. The third kappa shape index (κ3) is 2.92. The number of nitriles is 2. The van der Waals surface area contributed by atoms with Crippen LogP contribution in [0.25, 0.3) is 22.1 Å². The van der Waals surface area contributed by atoms with E-state index in [-0.39, 0.29) is 11.6 Å². The average Bonchev–Trinajstić information content (AvgIpc) is 3.49. The lowest BCUT2D eigenvalue weighted by molar-refractivity contribution is 0.669. The first-order valence-electron chi connectivity index (χ1n) is 12.0. The summed E-state index contributed by atoms with van der Waals surface area (Å²) in [7, 11) is 0. The number of nitrogens with two attached hydrogens (primary N) is 2. The van der Waals surface area contributed by atoms with Crippen molar-refractivity contribution in [1.82, 2.24) is 19.1 Å².